The zero-order valence-corrected chi connectivity index (χ0v) is 11.9. The van der Waals surface area contributed by atoms with E-state index in [-0.39, 0.29) is 10.8 Å². The lowest BCUT2D eigenvalue weighted by Gasteiger charge is -2.32. The smallest absolute Gasteiger partial charge is 0.345 e. The van der Waals surface area contributed by atoms with Gasteiger partial charge in [-0.15, -0.1) is 11.3 Å². The number of carboxylic acids is 1. The number of carbonyl (C=O) groups excluding carboxylic acids is 1. The lowest BCUT2D eigenvalue weighted by Crippen LogP contribution is -2.39. The first-order valence-corrected chi connectivity index (χ1v) is 7.56. The summed E-state index contributed by atoms with van der Waals surface area (Å²) in [5, 5.41) is 8.89. The molecule has 0 aliphatic carbocycles. The third-order valence-corrected chi connectivity index (χ3v) is 4.59. The molecule has 1 aromatic heterocycles. The number of thiophene rings is 1. The van der Waals surface area contributed by atoms with Crippen LogP contribution in [0, 0.1) is 5.92 Å². The van der Waals surface area contributed by atoms with E-state index in [1.165, 1.54) is 12.5 Å². The van der Waals surface area contributed by atoms with E-state index in [9.17, 15) is 9.59 Å². The maximum atomic E-state index is 12.3. The van der Waals surface area contributed by atoms with Crippen LogP contribution in [-0.2, 0) is 0 Å². The molecule has 2 rings (SSSR count). The normalized spacial score (nSPS) is 19.4. The van der Waals surface area contributed by atoms with Gasteiger partial charge in [0.1, 0.15) is 4.88 Å². The van der Waals surface area contributed by atoms with E-state index in [1.807, 2.05) is 4.90 Å². The van der Waals surface area contributed by atoms with Gasteiger partial charge in [-0.25, -0.2) is 4.79 Å². The van der Waals surface area contributed by atoms with E-state index in [2.05, 4.69) is 6.92 Å². The molecular formula is C14H19NO3S. The quantitative estimate of drug-likeness (QED) is 0.922. The number of amides is 1. The number of piperidine rings is 1. The van der Waals surface area contributed by atoms with E-state index in [0.29, 0.717) is 10.8 Å². The average Bonchev–Trinajstić information content (AvgIpc) is 2.88. The summed E-state index contributed by atoms with van der Waals surface area (Å²) in [6.07, 6.45) is 4.56. The molecule has 104 valence electrons. The molecule has 19 heavy (non-hydrogen) atoms. The number of hydrogen-bond acceptors (Lipinski definition) is 3. The summed E-state index contributed by atoms with van der Waals surface area (Å²) in [6, 6.07) is 3.13. The molecule has 1 unspecified atom stereocenters. The molecule has 1 fully saturated rings. The molecule has 0 radical (unpaired) electrons. The Hall–Kier alpha value is -1.36. The van der Waals surface area contributed by atoms with E-state index in [4.69, 9.17) is 5.11 Å². The number of rotatable bonds is 4. The molecule has 0 bridgehead atoms. The van der Waals surface area contributed by atoms with Crippen LogP contribution in [0.15, 0.2) is 12.1 Å². The van der Waals surface area contributed by atoms with Crippen molar-refractivity contribution < 1.29 is 14.7 Å². The Morgan fingerprint density at radius 3 is 2.79 bits per heavy atom. The first kappa shape index (κ1) is 14.1. The summed E-state index contributed by atoms with van der Waals surface area (Å²) in [5.41, 5.74) is 0. The van der Waals surface area contributed by atoms with Crippen molar-refractivity contribution in [3.8, 4) is 0 Å². The van der Waals surface area contributed by atoms with Crippen molar-refractivity contribution in [2.75, 3.05) is 13.1 Å². The summed E-state index contributed by atoms with van der Waals surface area (Å²) in [7, 11) is 0. The lowest BCUT2D eigenvalue weighted by molar-refractivity contribution is 0.0671. The van der Waals surface area contributed by atoms with Gasteiger partial charge in [0.15, 0.2) is 0 Å². The molecule has 1 amide bonds. The summed E-state index contributed by atoms with van der Waals surface area (Å²) in [4.78, 5) is 25.8. The monoisotopic (exact) mass is 281 g/mol. The Kier molecular flexibility index (Phi) is 4.58. The number of hydrogen-bond donors (Lipinski definition) is 1. The third kappa shape index (κ3) is 3.35. The third-order valence-electron chi connectivity index (χ3n) is 3.53. The van der Waals surface area contributed by atoms with E-state index in [0.717, 1.165) is 43.7 Å². The molecule has 1 aliphatic rings. The minimum atomic E-state index is -0.966. The first-order valence-electron chi connectivity index (χ1n) is 6.74. The SMILES string of the molecule is CCCC1CCCN(C(=O)c2ccc(C(=O)O)s2)C1. The number of aromatic carboxylic acids is 1. The van der Waals surface area contributed by atoms with Crippen molar-refractivity contribution >= 4 is 23.2 Å². The van der Waals surface area contributed by atoms with Gasteiger partial charge >= 0.3 is 5.97 Å². The van der Waals surface area contributed by atoms with Crippen LogP contribution in [0.1, 0.15) is 52.0 Å². The molecule has 1 atom stereocenters. The molecule has 1 saturated heterocycles. The van der Waals surface area contributed by atoms with Crippen LogP contribution in [-0.4, -0.2) is 35.0 Å². The zero-order chi connectivity index (χ0) is 13.8. The molecule has 0 spiro atoms. The Balaban J connectivity index is 2.03. The van der Waals surface area contributed by atoms with Crippen LogP contribution < -0.4 is 0 Å². The predicted molar refractivity (Wildman–Crippen MR) is 74.8 cm³/mol. The Morgan fingerprint density at radius 1 is 1.42 bits per heavy atom. The molecule has 1 aromatic rings. The van der Waals surface area contributed by atoms with E-state index < -0.39 is 5.97 Å². The van der Waals surface area contributed by atoms with Gasteiger partial charge in [-0.3, -0.25) is 4.79 Å². The minimum Gasteiger partial charge on any atom is -0.477 e. The summed E-state index contributed by atoms with van der Waals surface area (Å²) < 4.78 is 0. The largest absolute Gasteiger partial charge is 0.477 e. The number of carboxylic acid groups (broad SMARTS) is 1. The van der Waals surface area contributed by atoms with Gasteiger partial charge < -0.3 is 10.0 Å². The van der Waals surface area contributed by atoms with Gasteiger partial charge in [-0.05, 0) is 37.3 Å². The van der Waals surface area contributed by atoms with Crippen LogP contribution >= 0.6 is 11.3 Å². The van der Waals surface area contributed by atoms with Gasteiger partial charge in [0.25, 0.3) is 5.91 Å². The van der Waals surface area contributed by atoms with E-state index >= 15 is 0 Å². The highest BCUT2D eigenvalue weighted by Crippen LogP contribution is 2.24. The number of carbonyl (C=O) groups is 2. The second-order valence-corrected chi connectivity index (χ2v) is 6.10. The van der Waals surface area contributed by atoms with Crippen LogP contribution in [0.25, 0.3) is 0 Å². The first-order chi connectivity index (χ1) is 9.11. The Bertz CT molecular complexity index is 467. The van der Waals surface area contributed by atoms with Crippen LogP contribution in [0.3, 0.4) is 0 Å². The molecule has 1 N–H and O–H groups in total. The van der Waals surface area contributed by atoms with Crippen molar-refractivity contribution in [2.24, 2.45) is 5.92 Å². The maximum absolute atomic E-state index is 12.3. The molecular weight excluding hydrogens is 262 g/mol. The van der Waals surface area contributed by atoms with Gasteiger partial charge in [0, 0.05) is 13.1 Å². The fourth-order valence-electron chi connectivity index (χ4n) is 2.62. The van der Waals surface area contributed by atoms with Gasteiger partial charge in [0.05, 0.1) is 4.88 Å². The highest BCUT2D eigenvalue weighted by molar-refractivity contribution is 7.15. The highest BCUT2D eigenvalue weighted by atomic mass is 32.1. The Morgan fingerprint density at radius 2 is 2.16 bits per heavy atom. The maximum Gasteiger partial charge on any atom is 0.345 e. The summed E-state index contributed by atoms with van der Waals surface area (Å²) in [6.45, 7) is 3.77. The average molecular weight is 281 g/mol. The molecule has 5 heteroatoms. The molecule has 1 aliphatic heterocycles. The van der Waals surface area contributed by atoms with Crippen molar-refractivity contribution in [3.63, 3.8) is 0 Å². The molecule has 2 heterocycles. The summed E-state index contributed by atoms with van der Waals surface area (Å²) >= 11 is 1.07. The Labute approximate surface area is 117 Å². The molecule has 0 aromatic carbocycles. The van der Waals surface area contributed by atoms with Crippen molar-refractivity contribution in [1.82, 2.24) is 4.90 Å². The topological polar surface area (TPSA) is 57.6 Å². The van der Waals surface area contributed by atoms with Crippen molar-refractivity contribution in [3.05, 3.63) is 21.9 Å². The van der Waals surface area contributed by atoms with Gasteiger partial charge in [-0.2, -0.15) is 0 Å². The second kappa shape index (κ2) is 6.19. The standard InChI is InChI=1S/C14H19NO3S/c1-2-4-10-5-3-8-15(9-10)13(16)11-6-7-12(19-11)14(17)18/h6-7,10H,2-5,8-9H2,1H3,(H,17,18). The molecule has 4 nitrogen and oxygen atoms in total. The van der Waals surface area contributed by atoms with E-state index in [1.54, 1.807) is 6.07 Å². The lowest BCUT2D eigenvalue weighted by atomic mass is 9.93. The highest BCUT2D eigenvalue weighted by Gasteiger charge is 2.25. The minimum absolute atomic E-state index is 0.0155. The molecule has 0 saturated carbocycles. The van der Waals surface area contributed by atoms with Crippen LogP contribution in [0.4, 0.5) is 0 Å². The van der Waals surface area contributed by atoms with Crippen molar-refractivity contribution in [2.45, 2.75) is 32.6 Å². The fourth-order valence-corrected chi connectivity index (χ4v) is 3.43. The van der Waals surface area contributed by atoms with Gasteiger partial charge in [-0.1, -0.05) is 13.3 Å². The van der Waals surface area contributed by atoms with Crippen LogP contribution in [0.5, 0.6) is 0 Å². The fraction of sp³-hybridized carbons (Fsp3) is 0.571. The van der Waals surface area contributed by atoms with Crippen molar-refractivity contribution in [1.29, 1.82) is 0 Å². The second-order valence-electron chi connectivity index (χ2n) is 5.02. The predicted octanol–water partition coefficient (Wildman–Crippen LogP) is 3.10. The number of likely N-dealkylation sites (tertiary alicyclic amines) is 1. The van der Waals surface area contributed by atoms with Gasteiger partial charge in [0.2, 0.25) is 0 Å². The van der Waals surface area contributed by atoms with Crippen LogP contribution in [0.2, 0.25) is 0 Å². The number of nitrogens with zero attached hydrogens (tertiary/aromatic N) is 1. The summed E-state index contributed by atoms with van der Waals surface area (Å²) in [5.74, 6) is -0.383. The zero-order valence-electron chi connectivity index (χ0n) is 11.1.